The molecule has 0 saturated heterocycles. The lowest BCUT2D eigenvalue weighted by Crippen LogP contribution is -1.99. The molecule has 2 N–H and O–H groups in total. The molecule has 13 heavy (non-hydrogen) atoms. The Kier molecular flexibility index (Phi) is 2.36. The molecule has 1 rings (SSSR count). The first-order valence-electron chi connectivity index (χ1n) is 3.20. The lowest BCUT2D eigenvalue weighted by atomic mass is 10.3. The highest BCUT2D eigenvalue weighted by Crippen LogP contribution is 2.22. The molecule has 7 heteroatoms. The molecule has 0 unspecified atom stereocenters. The third kappa shape index (κ3) is 2.08. The van der Waals surface area contributed by atoms with Crippen molar-refractivity contribution in [1.82, 2.24) is 4.98 Å². The van der Waals surface area contributed by atoms with Gasteiger partial charge in [0.2, 0.25) is 5.69 Å². The van der Waals surface area contributed by atoms with Gasteiger partial charge in [-0.25, -0.2) is 8.78 Å². The minimum atomic E-state index is -2.86. The number of nitrogens with zero attached hydrogens (tertiary/aromatic N) is 2. The molecule has 1 aromatic heterocycles. The average Bonchev–Trinajstić information content (AvgIpc) is 2.03. The second-order valence-corrected chi connectivity index (χ2v) is 2.24. The number of anilines is 1. The zero-order valence-corrected chi connectivity index (χ0v) is 6.28. The first-order chi connectivity index (χ1) is 6.00. The molecule has 0 amide bonds. The molecule has 1 heterocycles. The summed E-state index contributed by atoms with van der Waals surface area (Å²) in [6.45, 7) is 0. The van der Waals surface area contributed by atoms with Crippen molar-refractivity contribution in [3.8, 4) is 0 Å². The van der Waals surface area contributed by atoms with Crippen molar-refractivity contribution in [3.05, 3.63) is 27.9 Å². The number of pyridine rings is 1. The zero-order valence-electron chi connectivity index (χ0n) is 6.28. The summed E-state index contributed by atoms with van der Waals surface area (Å²) in [4.78, 5) is 12.4. The van der Waals surface area contributed by atoms with Crippen LogP contribution in [0.3, 0.4) is 0 Å². The van der Waals surface area contributed by atoms with Gasteiger partial charge in [0.15, 0.2) is 0 Å². The Morgan fingerprint density at radius 1 is 1.54 bits per heavy atom. The van der Waals surface area contributed by atoms with Crippen LogP contribution in [0.2, 0.25) is 0 Å². The topological polar surface area (TPSA) is 82.0 Å². The van der Waals surface area contributed by atoms with Crippen LogP contribution in [0.25, 0.3) is 0 Å². The van der Waals surface area contributed by atoms with Crippen LogP contribution in [0.1, 0.15) is 12.1 Å². The second-order valence-electron chi connectivity index (χ2n) is 2.24. The van der Waals surface area contributed by atoms with Crippen LogP contribution in [0, 0.1) is 10.1 Å². The fourth-order valence-corrected chi connectivity index (χ4v) is 0.764. The van der Waals surface area contributed by atoms with Crippen LogP contribution < -0.4 is 5.73 Å². The molecule has 0 aliphatic rings. The molecule has 0 spiro atoms. The zero-order chi connectivity index (χ0) is 10.0. The van der Waals surface area contributed by atoms with Gasteiger partial charge in [-0.05, 0) is 9.91 Å². The first kappa shape index (κ1) is 9.30. The molecule has 0 aliphatic heterocycles. The summed E-state index contributed by atoms with van der Waals surface area (Å²) in [6.07, 6.45) is -2.86. The highest BCUT2D eigenvalue weighted by Gasteiger charge is 2.19. The standard InChI is InChI=1S/C6H5F2N3O2/c7-6(8)4-1-3(9)2-5(10-4)11(12)13/h1-2,6H,(H2,9,10). The summed E-state index contributed by atoms with van der Waals surface area (Å²) in [6, 6.07) is 1.82. The molecule has 70 valence electrons. The van der Waals surface area contributed by atoms with Crippen LogP contribution in [-0.2, 0) is 0 Å². The SMILES string of the molecule is Nc1cc(C(F)F)nc([N+](=O)[O-])c1. The Balaban J connectivity index is 3.19. The van der Waals surface area contributed by atoms with E-state index in [9.17, 15) is 18.9 Å². The number of aromatic nitrogens is 1. The Morgan fingerprint density at radius 3 is 2.62 bits per heavy atom. The van der Waals surface area contributed by atoms with E-state index in [-0.39, 0.29) is 5.69 Å². The Bertz CT molecular complexity index is 343. The number of rotatable bonds is 2. The van der Waals surface area contributed by atoms with Gasteiger partial charge in [0.1, 0.15) is 0 Å². The number of nitro groups is 1. The van der Waals surface area contributed by atoms with Crippen molar-refractivity contribution in [2.75, 3.05) is 5.73 Å². The normalized spacial score (nSPS) is 10.4. The molecule has 0 fully saturated rings. The molecule has 0 atom stereocenters. The van der Waals surface area contributed by atoms with E-state index in [4.69, 9.17) is 5.73 Å². The van der Waals surface area contributed by atoms with Gasteiger partial charge in [0.05, 0.1) is 6.07 Å². The third-order valence-corrected chi connectivity index (χ3v) is 1.26. The first-order valence-corrected chi connectivity index (χ1v) is 3.20. The number of alkyl halides is 2. The summed E-state index contributed by atoms with van der Waals surface area (Å²) in [7, 11) is 0. The summed E-state index contributed by atoms with van der Waals surface area (Å²) in [5, 5.41) is 10.2. The van der Waals surface area contributed by atoms with Gasteiger partial charge >= 0.3 is 12.2 Å². The molecule has 0 aliphatic carbocycles. The minimum Gasteiger partial charge on any atom is -0.398 e. The maximum absolute atomic E-state index is 12.0. The molecule has 0 aromatic carbocycles. The Labute approximate surface area is 71.3 Å². The van der Waals surface area contributed by atoms with Gasteiger partial charge in [-0.3, -0.25) is 0 Å². The third-order valence-electron chi connectivity index (χ3n) is 1.26. The monoisotopic (exact) mass is 189 g/mol. The molecule has 0 bridgehead atoms. The van der Waals surface area contributed by atoms with Crippen LogP contribution in [0.15, 0.2) is 12.1 Å². The van der Waals surface area contributed by atoms with Gasteiger partial charge in [-0.1, -0.05) is 0 Å². The van der Waals surface area contributed by atoms with Gasteiger partial charge < -0.3 is 15.8 Å². The van der Waals surface area contributed by atoms with Gasteiger partial charge in [0, 0.05) is 11.8 Å². The predicted molar refractivity (Wildman–Crippen MR) is 40.3 cm³/mol. The maximum atomic E-state index is 12.0. The lowest BCUT2D eigenvalue weighted by molar-refractivity contribution is -0.389. The van der Waals surface area contributed by atoms with Crippen LogP contribution >= 0.6 is 0 Å². The van der Waals surface area contributed by atoms with E-state index in [1.165, 1.54) is 0 Å². The highest BCUT2D eigenvalue weighted by atomic mass is 19.3. The molecule has 0 radical (unpaired) electrons. The Hall–Kier alpha value is -1.79. The van der Waals surface area contributed by atoms with Crippen molar-refractivity contribution in [3.63, 3.8) is 0 Å². The van der Waals surface area contributed by atoms with E-state index in [0.717, 1.165) is 12.1 Å². The predicted octanol–water partition coefficient (Wildman–Crippen LogP) is 1.51. The van der Waals surface area contributed by atoms with E-state index in [1.807, 2.05) is 0 Å². The largest absolute Gasteiger partial charge is 0.398 e. The van der Waals surface area contributed by atoms with E-state index in [0.29, 0.717) is 0 Å². The fourth-order valence-electron chi connectivity index (χ4n) is 0.764. The van der Waals surface area contributed by atoms with E-state index in [1.54, 1.807) is 0 Å². The molecular formula is C6H5F2N3O2. The number of hydrogen-bond acceptors (Lipinski definition) is 4. The quantitative estimate of drug-likeness (QED) is 0.564. The average molecular weight is 189 g/mol. The van der Waals surface area contributed by atoms with Gasteiger partial charge in [-0.2, -0.15) is 0 Å². The number of hydrogen-bond donors (Lipinski definition) is 1. The number of halogens is 2. The Morgan fingerprint density at radius 2 is 2.15 bits per heavy atom. The van der Waals surface area contributed by atoms with Crippen molar-refractivity contribution in [2.45, 2.75) is 6.43 Å². The van der Waals surface area contributed by atoms with E-state index < -0.39 is 22.9 Å². The minimum absolute atomic E-state index is 0.1000. The summed E-state index contributed by atoms with van der Waals surface area (Å²) >= 11 is 0. The van der Waals surface area contributed by atoms with Gasteiger partial charge in [-0.15, -0.1) is 0 Å². The molecule has 1 aromatic rings. The summed E-state index contributed by atoms with van der Waals surface area (Å²) in [5.74, 6) is -0.671. The molecule has 0 saturated carbocycles. The van der Waals surface area contributed by atoms with Crippen molar-refractivity contribution in [2.24, 2.45) is 0 Å². The van der Waals surface area contributed by atoms with E-state index in [2.05, 4.69) is 4.98 Å². The van der Waals surface area contributed by atoms with Crippen LogP contribution in [-0.4, -0.2) is 9.91 Å². The number of nitrogen functional groups attached to an aromatic ring is 1. The van der Waals surface area contributed by atoms with Crippen molar-refractivity contribution < 1.29 is 13.7 Å². The van der Waals surface area contributed by atoms with Crippen LogP contribution in [0.4, 0.5) is 20.3 Å². The lowest BCUT2D eigenvalue weighted by Gasteiger charge is -1.97. The molecular weight excluding hydrogens is 184 g/mol. The maximum Gasteiger partial charge on any atom is 0.365 e. The fraction of sp³-hybridized carbons (Fsp3) is 0.167. The van der Waals surface area contributed by atoms with Crippen molar-refractivity contribution >= 4 is 11.5 Å². The van der Waals surface area contributed by atoms with Crippen molar-refractivity contribution in [1.29, 1.82) is 0 Å². The summed E-state index contributed by atoms with van der Waals surface area (Å²) in [5.41, 5.74) is 4.37. The van der Waals surface area contributed by atoms with Gasteiger partial charge in [0.25, 0.3) is 0 Å². The smallest absolute Gasteiger partial charge is 0.365 e. The summed E-state index contributed by atoms with van der Waals surface area (Å²) < 4.78 is 24.1. The second kappa shape index (κ2) is 3.30. The number of nitrogens with two attached hydrogens (primary N) is 1. The molecule has 5 nitrogen and oxygen atoms in total. The van der Waals surface area contributed by atoms with E-state index >= 15 is 0 Å². The highest BCUT2D eigenvalue weighted by molar-refractivity contribution is 5.45. The van der Waals surface area contributed by atoms with Crippen LogP contribution in [0.5, 0.6) is 0 Å².